The molecule has 3 nitrogen and oxygen atoms in total. The van der Waals surface area contributed by atoms with E-state index in [1.807, 2.05) is 60.7 Å². The van der Waals surface area contributed by atoms with Crippen LogP contribution in [-0.2, 0) is 0 Å². The Labute approximate surface area is 206 Å². The second kappa shape index (κ2) is 11.5. The van der Waals surface area contributed by atoms with Crippen LogP contribution in [0.3, 0.4) is 0 Å². The second-order valence-corrected chi connectivity index (χ2v) is 9.34. The predicted octanol–water partition coefficient (Wildman–Crippen LogP) is 7.86. The van der Waals surface area contributed by atoms with Crippen molar-refractivity contribution in [1.29, 1.82) is 5.26 Å². The van der Waals surface area contributed by atoms with Crippen molar-refractivity contribution >= 4 is 11.8 Å². The third-order valence-electron chi connectivity index (χ3n) is 5.62. The highest BCUT2D eigenvalue weighted by Gasteiger charge is 2.15. The number of aryl methyl sites for hydroxylation is 2. The summed E-state index contributed by atoms with van der Waals surface area (Å²) >= 11 is 1.65. The average molecular weight is 465 g/mol. The molecule has 4 rings (SSSR count). The van der Waals surface area contributed by atoms with E-state index < -0.39 is 0 Å². The maximum Gasteiger partial charge on any atom is 0.122 e. The fraction of sp³-hybridized carbons (Fsp3) is 0.200. The zero-order valence-electron chi connectivity index (χ0n) is 19.6. The van der Waals surface area contributed by atoms with Crippen LogP contribution in [0.1, 0.15) is 29.5 Å². The van der Waals surface area contributed by atoms with Crippen LogP contribution in [0.4, 0.5) is 0 Å². The zero-order valence-corrected chi connectivity index (χ0v) is 20.4. The lowest BCUT2D eigenvalue weighted by molar-refractivity contribution is 0.308. The van der Waals surface area contributed by atoms with Crippen molar-refractivity contribution in [3.8, 4) is 34.2 Å². The summed E-state index contributed by atoms with van der Waals surface area (Å²) in [6.45, 7) is 4.85. The summed E-state index contributed by atoms with van der Waals surface area (Å²) in [5.41, 5.74) is 6.95. The number of benzene rings is 3. The van der Waals surface area contributed by atoms with Crippen molar-refractivity contribution in [1.82, 2.24) is 4.98 Å². The molecule has 0 saturated heterocycles. The zero-order chi connectivity index (χ0) is 23.8. The van der Waals surface area contributed by atoms with Gasteiger partial charge in [-0.3, -0.25) is 0 Å². The molecular weight excluding hydrogens is 436 g/mol. The minimum absolute atomic E-state index is 0.641. The maximum absolute atomic E-state index is 10.0. The van der Waals surface area contributed by atoms with Crippen molar-refractivity contribution in [2.75, 3.05) is 12.4 Å². The topological polar surface area (TPSA) is 45.9 Å². The van der Waals surface area contributed by atoms with E-state index in [4.69, 9.17) is 9.72 Å². The van der Waals surface area contributed by atoms with Gasteiger partial charge in [0.05, 0.1) is 17.9 Å². The molecule has 1 heterocycles. The van der Waals surface area contributed by atoms with E-state index in [1.165, 1.54) is 11.1 Å². The van der Waals surface area contributed by atoms with Crippen LogP contribution >= 0.6 is 11.8 Å². The molecule has 0 bridgehead atoms. The summed E-state index contributed by atoms with van der Waals surface area (Å²) in [6, 6.07) is 30.9. The number of pyridine rings is 1. The predicted molar refractivity (Wildman–Crippen MR) is 141 cm³/mol. The van der Waals surface area contributed by atoms with E-state index in [0.717, 1.165) is 51.8 Å². The van der Waals surface area contributed by atoms with Crippen LogP contribution in [0.5, 0.6) is 5.75 Å². The Morgan fingerprint density at radius 1 is 0.853 bits per heavy atom. The van der Waals surface area contributed by atoms with Crippen molar-refractivity contribution in [3.63, 3.8) is 0 Å². The smallest absolute Gasteiger partial charge is 0.122 e. The van der Waals surface area contributed by atoms with Gasteiger partial charge in [0.25, 0.3) is 0 Å². The number of nitriles is 1. The Balaban J connectivity index is 1.47. The van der Waals surface area contributed by atoms with Gasteiger partial charge >= 0.3 is 0 Å². The first kappa shape index (κ1) is 23.6. The van der Waals surface area contributed by atoms with Gasteiger partial charge in [-0.25, -0.2) is 4.98 Å². The number of thioether (sulfide) groups is 1. The van der Waals surface area contributed by atoms with Gasteiger partial charge in [-0.15, -0.1) is 11.8 Å². The lowest BCUT2D eigenvalue weighted by Crippen LogP contribution is -2.00. The fourth-order valence-corrected chi connectivity index (χ4v) is 4.86. The van der Waals surface area contributed by atoms with E-state index in [1.54, 1.807) is 11.8 Å². The summed E-state index contributed by atoms with van der Waals surface area (Å²) in [5.74, 6) is 1.83. The van der Waals surface area contributed by atoms with E-state index in [9.17, 15) is 5.26 Å². The molecule has 1 aromatic heterocycles. The van der Waals surface area contributed by atoms with Crippen molar-refractivity contribution in [3.05, 3.63) is 102 Å². The number of ether oxygens (including phenoxy) is 1. The number of nitrogens with zero attached hydrogens (tertiary/aromatic N) is 2. The highest BCUT2D eigenvalue weighted by molar-refractivity contribution is 7.99. The van der Waals surface area contributed by atoms with Gasteiger partial charge in [0.1, 0.15) is 16.8 Å². The van der Waals surface area contributed by atoms with Crippen LogP contribution in [0.25, 0.3) is 22.4 Å². The molecule has 170 valence electrons. The van der Waals surface area contributed by atoms with Gasteiger partial charge in [-0.2, -0.15) is 5.26 Å². The lowest BCUT2D eigenvalue weighted by Gasteiger charge is -2.13. The van der Waals surface area contributed by atoms with E-state index >= 15 is 0 Å². The molecule has 0 spiro atoms. The quantitative estimate of drug-likeness (QED) is 0.187. The minimum atomic E-state index is 0.641. The molecule has 0 atom stereocenters. The number of hydrogen-bond acceptors (Lipinski definition) is 4. The summed E-state index contributed by atoms with van der Waals surface area (Å²) in [6.07, 6.45) is 1.94. The largest absolute Gasteiger partial charge is 0.493 e. The summed E-state index contributed by atoms with van der Waals surface area (Å²) in [7, 11) is 0. The third kappa shape index (κ3) is 5.87. The number of hydrogen-bond donors (Lipinski definition) is 0. The van der Waals surface area contributed by atoms with Gasteiger partial charge in [0, 0.05) is 11.1 Å². The van der Waals surface area contributed by atoms with Crippen molar-refractivity contribution < 1.29 is 4.74 Å². The Bertz CT molecular complexity index is 1280. The molecule has 0 N–H and O–H groups in total. The first-order chi connectivity index (χ1) is 16.7. The average Bonchev–Trinajstić information content (AvgIpc) is 2.87. The molecule has 0 aliphatic carbocycles. The van der Waals surface area contributed by atoms with Gasteiger partial charge in [-0.1, -0.05) is 78.4 Å². The molecule has 4 aromatic rings. The molecule has 0 fully saturated rings. The molecular formula is C30H28N2OS. The van der Waals surface area contributed by atoms with Crippen LogP contribution in [0, 0.1) is 25.2 Å². The van der Waals surface area contributed by atoms with Crippen LogP contribution in [0.15, 0.2) is 90.0 Å². The van der Waals surface area contributed by atoms with Crippen molar-refractivity contribution in [2.45, 2.75) is 31.7 Å². The Morgan fingerprint density at radius 3 is 2.24 bits per heavy atom. The Hall–Kier alpha value is -3.55. The fourth-order valence-electron chi connectivity index (χ4n) is 3.85. The molecule has 0 aliphatic rings. The number of aromatic nitrogens is 1. The van der Waals surface area contributed by atoms with Crippen LogP contribution in [-0.4, -0.2) is 17.3 Å². The Morgan fingerprint density at radius 2 is 1.56 bits per heavy atom. The van der Waals surface area contributed by atoms with E-state index in [-0.39, 0.29) is 0 Å². The van der Waals surface area contributed by atoms with E-state index in [0.29, 0.717) is 12.2 Å². The van der Waals surface area contributed by atoms with Gasteiger partial charge < -0.3 is 4.74 Å². The SMILES string of the molecule is Cc1ccc(OCCCCSc2nc(-c3ccccc3)cc(-c3ccccc3)c2C#N)c(C)c1. The molecule has 0 unspecified atom stereocenters. The minimum Gasteiger partial charge on any atom is -0.493 e. The third-order valence-corrected chi connectivity index (χ3v) is 6.68. The van der Waals surface area contributed by atoms with Crippen LogP contribution < -0.4 is 4.74 Å². The summed E-state index contributed by atoms with van der Waals surface area (Å²) < 4.78 is 5.97. The summed E-state index contributed by atoms with van der Waals surface area (Å²) in [5, 5.41) is 10.8. The standard InChI is InChI=1S/C30H28N2OS/c1-22-15-16-29(23(2)19-22)33-17-9-10-18-34-30-27(21-31)26(24-11-5-3-6-12-24)20-28(32-30)25-13-7-4-8-14-25/h3-8,11-16,19-20H,9-10,17-18H2,1-2H3. The molecule has 0 saturated carbocycles. The first-order valence-electron chi connectivity index (χ1n) is 11.5. The molecule has 0 amide bonds. The van der Waals surface area contributed by atoms with Gasteiger partial charge in [-0.05, 0) is 55.7 Å². The summed E-state index contributed by atoms with van der Waals surface area (Å²) in [4.78, 5) is 4.89. The Kier molecular flexibility index (Phi) is 8.01. The van der Waals surface area contributed by atoms with Crippen LogP contribution in [0.2, 0.25) is 0 Å². The van der Waals surface area contributed by atoms with Crippen molar-refractivity contribution in [2.24, 2.45) is 0 Å². The molecule has 0 radical (unpaired) electrons. The molecule has 34 heavy (non-hydrogen) atoms. The van der Waals surface area contributed by atoms with E-state index in [2.05, 4.69) is 44.2 Å². The lowest BCUT2D eigenvalue weighted by atomic mass is 9.99. The number of rotatable bonds is 9. The molecule has 4 heteroatoms. The van der Waals surface area contributed by atoms with Gasteiger partial charge in [0.15, 0.2) is 0 Å². The highest BCUT2D eigenvalue weighted by Crippen LogP contribution is 2.34. The first-order valence-corrected chi connectivity index (χ1v) is 12.5. The maximum atomic E-state index is 10.0. The van der Waals surface area contributed by atoms with Gasteiger partial charge in [0.2, 0.25) is 0 Å². The second-order valence-electron chi connectivity index (χ2n) is 8.25. The molecule has 3 aromatic carbocycles. The normalized spacial score (nSPS) is 10.6. The number of unbranched alkanes of at least 4 members (excludes halogenated alkanes) is 1. The molecule has 0 aliphatic heterocycles. The highest BCUT2D eigenvalue weighted by atomic mass is 32.2. The monoisotopic (exact) mass is 464 g/mol.